The van der Waals surface area contributed by atoms with Crippen LogP contribution in [-0.2, 0) is 11.2 Å². The van der Waals surface area contributed by atoms with E-state index in [0.29, 0.717) is 6.42 Å². The van der Waals surface area contributed by atoms with Crippen molar-refractivity contribution in [2.24, 2.45) is 0 Å². The van der Waals surface area contributed by atoms with E-state index < -0.39 is 0 Å². The Morgan fingerprint density at radius 2 is 1.77 bits per heavy atom. The minimum Gasteiger partial charge on any atom is -0.359 e. The number of benzene rings is 2. The van der Waals surface area contributed by atoms with Crippen LogP contribution in [0.15, 0.2) is 65.2 Å². The Labute approximate surface area is 128 Å². The highest BCUT2D eigenvalue weighted by Crippen LogP contribution is 2.26. The van der Waals surface area contributed by atoms with Gasteiger partial charge in [-0.05, 0) is 5.56 Å². The van der Waals surface area contributed by atoms with E-state index >= 15 is 0 Å². The molecule has 0 saturated heterocycles. The summed E-state index contributed by atoms with van der Waals surface area (Å²) >= 11 is 0. The van der Waals surface area contributed by atoms with E-state index in [2.05, 4.69) is 10.5 Å². The van der Waals surface area contributed by atoms with E-state index in [1.165, 1.54) is 0 Å². The molecule has 0 radical (unpaired) electrons. The van der Waals surface area contributed by atoms with E-state index in [4.69, 9.17) is 4.52 Å². The van der Waals surface area contributed by atoms with Gasteiger partial charge in [0.2, 0.25) is 5.91 Å². The van der Waals surface area contributed by atoms with Crippen LogP contribution in [0.1, 0.15) is 5.56 Å². The van der Waals surface area contributed by atoms with Gasteiger partial charge in [0.25, 0.3) is 0 Å². The maximum atomic E-state index is 11.4. The maximum Gasteiger partial charge on any atom is 0.224 e. The van der Waals surface area contributed by atoms with Gasteiger partial charge in [0.05, 0.1) is 6.42 Å². The number of aromatic nitrogens is 1. The number of carbonyl (C=O) groups is 1. The maximum absolute atomic E-state index is 11.4. The van der Waals surface area contributed by atoms with Crippen LogP contribution in [-0.4, -0.2) is 18.1 Å². The topological polar surface area (TPSA) is 55.1 Å². The normalized spacial score (nSPS) is 10.4. The first-order chi connectivity index (χ1) is 10.8. The molecule has 0 unspecified atom stereocenters. The minimum atomic E-state index is 0.000509. The van der Waals surface area contributed by atoms with E-state index in [-0.39, 0.29) is 5.91 Å². The molecule has 3 aromatic rings. The van der Waals surface area contributed by atoms with Crippen molar-refractivity contribution in [1.82, 2.24) is 10.5 Å². The Hall–Kier alpha value is -2.88. The van der Waals surface area contributed by atoms with Crippen LogP contribution in [0.2, 0.25) is 0 Å². The van der Waals surface area contributed by atoms with Gasteiger partial charge in [0, 0.05) is 24.2 Å². The summed E-state index contributed by atoms with van der Waals surface area (Å²) < 4.78 is 5.40. The van der Waals surface area contributed by atoms with Gasteiger partial charge in [0.15, 0.2) is 5.76 Å². The van der Waals surface area contributed by atoms with E-state index in [1.54, 1.807) is 7.05 Å². The lowest BCUT2D eigenvalue weighted by atomic mass is 10.1. The molecule has 0 aliphatic rings. The summed E-state index contributed by atoms with van der Waals surface area (Å²) in [5, 5.41) is 6.73. The molecular weight excluding hydrogens is 276 g/mol. The summed E-state index contributed by atoms with van der Waals surface area (Å²) in [5.41, 5.74) is 3.71. The number of nitrogens with one attached hydrogen (secondary N) is 1. The zero-order valence-electron chi connectivity index (χ0n) is 12.2. The number of amides is 1. The van der Waals surface area contributed by atoms with Crippen LogP contribution < -0.4 is 5.32 Å². The van der Waals surface area contributed by atoms with Gasteiger partial charge in [-0.3, -0.25) is 4.79 Å². The summed E-state index contributed by atoms with van der Waals surface area (Å²) in [4.78, 5) is 11.4. The lowest BCUT2D eigenvalue weighted by molar-refractivity contribution is -0.119. The molecule has 0 atom stereocenters. The Balaban J connectivity index is 1.80. The Morgan fingerprint density at radius 1 is 1.05 bits per heavy atom. The van der Waals surface area contributed by atoms with Crippen molar-refractivity contribution in [1.29, 1.82) is 0 Å². The van der Waals surface area contributed by atoms with Gasteiger partial charge >= 0.3 is 0 Å². The highest BCUT2D eigenvalue weighted by atomic mass is 16.5. The van der Waals surface area contributed by atoms with Crippen LogP contribution in [0, 0.1) is 0 Å². The molecule has 4 nitrogen and oxygen atoms in total. The second-order valence-electron chi connectivity index (χ2n) is 4.99. The fraction of sp³-hybridized carbons (Fsp3) is 0.111. The predicted molar refractivity (Wildman–Crippen MR) is 85.1 cm³/mol. The summed E-state index contributed by atoms with van der Waals surface area (Å²) in [7, 11) is 1.64. The third-order valence-corrected chi connectivity index (χ3v) is 3.46. The lowest BCUT2D eigenvalue weighted by Gasteiger charge is -2.01. The molecule has 3 rings (SSSR count). The van der Waals surface area contributed by atoms with Crippen LogP contribution in [0.25, 0.3) is 22.6 Å². The fourth-order valence-electron chi connectivity index (χ4n) is 2.22. The van der Waals surface area contributed by atoms with Gasteiger partial charge in [-0.15, -0.1) is 0 Å². The Bertz CT molecular complexity index is 761. The highest BCUT2D eigenvalue weighted by molar-refractivity contribution is 5.78. The van der Waals surface area contributed by atoms with Crippen molar-refractivity contribution in [3.05, 3.63) is 66.2 Å². The van der Waals surface area contributed by atoms with Crippen molar-refractivity contribution < 1.29 is 9.32 Å². The molecule has 1 N–H and O–H groups in total. The molecule has 0 saturated carbocycles. The lowest BCUT2D eigenvalue weighted by Crippen LogP contribution is -2.19. The largest absolute Gasteiger partial charge is 0.359 e. The smallest absolute Gasteiger partial charge is 0.224 e. The van der Waals surface area contributed by atoms with Crippen LogP contribution in [0.3, 0.4) is 0 Å². The number of hydrogen-bond acceptors (Lipinski definition) is 3. The Morgan fingerprint density at radius 3 is 2.45 bits per heavy atom. The summed E-state index contributed by atoms with van der Waals surface area (Å²) in [6.07, 6.45) is 0.380. The minimum absolute atomic E-state index is 0.000509. The summed E-state index contributed by atoms with van der Waals surface area (Å²) in [6.45, 7) is 0. The number of hydrogen-bond donors (Lipinski definition) is 1. The second kappa shape index (κ2) is 6.26. The number of carbonyl (C=O) groups excluding carboxylic acids is 1. The molecule has 2 aromatic carbocycles. The average Bonchev–Trinajstić information content (AvgIpc) is 3.06. The zero-order chi connectivity index (χ0) is 15.4. The second-order valence-corrected chi connectivity index (χ2v) is 4.99. The van der Waals surface area contributed by atoms with Gasteiger partial charge in [-0.2, -0.15) is 0 Å². The average molecular weight is 292 g/mol. The van der Waals surface area contributed by atoms with Gasteiger partial charge in [-0.25, -0.2) is 0 Å². The molecule has 22 heavy (non-hydrogen) atoms. The van der Waals surface area contributed by atoms with Crippen molar-refractivity contribution in [3.63, 3.8) is 0 Å². The molecule has 1 heterocycles. The summed E-state index contributed by atoms with van der Waals surface area (Å²) in [5.74, 6) is 0.741. The molecule has 0 aliphatic heterocycles. The molecule has 1 aromatic heterocycles. The molecule has 0 aliphatic carbocycles. The van der Waals surface area contributed by atoms with Crippen molar-refractivity contribution in [3.8, 4) is 22.6 Å². The van der Waals surface area contributed by atoms with Crippen LogP contribution in [0.4, 0.5) is 0 Å². The van der Waals surface area contributed by atoms with Crippen LogP contribution in [0.5, 0.6) is 0 Å². The van der Waals surface area contributed by atoms with E-state index in [9.17, 15) is 4.79 Å². The molecule has 110 valence electrons. The van der Waals surface area contributed by atoms with Crippen molar-refractivity contribution in [2.45, 2.75) is 6.42 Å². The first kappa shape index (κ1) is 14.1. The highest BCUT2D eigenvalue weighted by Gasteiger charge is 2.08. The number of likely N-dealkylation sites (N-methyl/N-ethyl adjacent to an activating group) is 1. The number of nitrogens with zero attached hydrogens (tertiary/aromatic N) is 1. The van der Waals surface area contributed by atoms with Gasteiger partial charge < -0.3 is 9.84 Å². The van der Waals surface area contributed by atoms with Crippen molar-refractivity contribution in [2.75, 3.05) is 7.05 Å². The Kier molecular flexibility index (Phi) is 4.01. The van der Waals surface area contributed by atoms with Crippen LogP contribution >= 0.6 is 0 Å². The standard InChI is InChI=1S/C18H16N2O2/c1-19-18(21)11-13-7-9-14(10-8-13)16-12-17(22-20-16)15-5-3-2-4-6-15/h2-10,12H,11H2,1H3,(H,19,21). The summed E-state index contributed by atoms with van der Waals surface area (Å²) in [6, 6.07) is 19.5. The molecule has 1 amide bonds. The first-order valence-electron chi connectivity index (χ1n) is 7.08. The third kappa shape index (κ3) is 3.06. The number of rotatable bonds is 4. The first-order valence-corrected chi connectivity index (χ1v) is 7.08. The molecule has 0 fully saturated rings. The quantitative estimate of drug-likeness (QED) is 0.802. The monoisotopic (exact) mass is 292 g/mol. The molecule has 4 heteroatoms. The molecule has 0 spiro atoms. The van der Waals surface area contributed by atoms with E-state index in [1.807, 2.05) is 60.7 Å². The van der Waals surface area contributed by atoms with Gasteiger partial charge in [0.1, 0.15) is 5.69 Å². The zero-order valence-corrected chi connectivity index (χ0v) is 12.2. The SMILES string of the molecule is CNC(=O)Cc1ccc(-c2cc(-c3ccccc3)on2)cc1. The predicted octanol–water partition coefficient (Wildman–Crippen LogP) is 3.30. The van der Waals surface area contributed by atoms with Gasteiger partial charge in [-0.1, -0.05) is 59.8 Å². The molecular formula is C18H16N2O2. The molecule has 0 bridgehead atoms. The third-order valence-electron chi connectivity index (χ3n) is 3.46. The van der Waals surface area contributed by atoms with Crippen molar-refractivity contribution >= 4 is 5.91 Å². The fourth-order valence-corrected chi connectivity index (χ4v) is 2.22. The van der Waals surface area contributed by atoms with E-state index in [0.717, 1.165) is 28.1 Å².